The highest BCUT2D eigenvalue weighted by Crippen LogP contribution is 2.43. The second kappa shape index (κ2) is 5.84. The maximum absolute atomic E-state index is 13.4. The number of hydrogen-bond acceptors (Lipinski definition) is 1. The summed E-state index contributed by atoms with van der Waals surface area (Å²) in [4.78, 5) is -1.19. The molecule has 0 saturated carbocycles. The normalized spacial score (nSPS) is 12.7. The summed E-state index contributed by atoms with van der Waals surface area (Å²) in [5.41, 5.74) is -2.33. The van der Waals surface area contributed by atoms with E-state index in [4.69, 9.17) is 0 Å². The fourth-order valence-electron chi connectivity index (χ4n) is 1.60. The summed E-state index contributed by atoms with van der Waals surface area (Å²) in [6.45, 7) is -0.226. The van der Waals surface area contributed by atoms with E-state index in [0.29, 0.717) is 0 Å². The van der Waals surface area contributed by atoms with Gasteiger partial charge in [0.25, 0.3) is 0 Å². The van der Waals surface area contributed by atoms with Gasteiger partial charge in [0.05, 0.1) is 0 Å². The van der Waals surface area contributed by atoms with E-state index in [-0.39, 0.29) is 0 Å². The molecule has 126 valence electrons. The lowest BCUT2D eigenvalue weighted by Crippen LogP contribution is -2.53. The summed E-state index contributed by atoms with van der Waals surface area (Å²) in [5, 5.41) is 0. The van der Waals surface area contributed by atoms with Crippen molar-refractivity contribution in [1.82, 2.24) is 0 Å². The number of rotatable bonds is 4. The summed E-state index contributed by atoms with van der Waals surface area (Å²) < 4.78 is 129. The van der Waals surface area contributed by atoms with Crippen LogP contribution >= 0.6 is 0 Å². The Kier molecular flexibility index (Phi) is 4.88. The molecule has 0 atom stereocenters. The van der Waals surface area contributed by atoms with Gasteiger partial charge in [0.2, 0.25) is 5.82 Å². The highest BCUT2D eigenvalue weighted by molar-refractivity contribution is 5.52. The minimum Gasteiger partial charge on any atom is -0.300 e. The van der Waals surface area contributed by atoms with Gasteiger partial charge in [-0.1, -0.05) is 6.92 Å². The van der Waals surface area contributed by atoms with E-state index < -0.39 is 64.9 Å². The summed E-state index contributed by atoms with van der Waals surface area (Å²) >= 11 is 0. The minimum absolute atomic E-state index is 0.481. The van der Waals surface area contributed by atoms with Crippen molar-refractivity contribution < 1.29 is 43.9 Å². The lowest BCUT2D eigenvalue weighted by atomic mass is 10.2. The molecule has 0 spiro atoms. The molecule has 0 fully saturated rings. The number of nitrogens with zero attached hydrogens (tertiary/aromatic N) is 1. The van der Waals surface area contributed by atoms with E-state index in [1.807, 2.05) is 0 Å². The molecule has 0 aromatic heterocycles. The van der Waals surface area contributed by atoms with Crippen LogP contribution in [0.25, 0.3) is 0 Å². The molecule has 0 aliphatic carbocycles. The molecule has 1 aromatic rings. The molecule has 0 aliphatic heterocycles. The fraction of sp³-hybridized carbons (Fsp3) is 0.455. The first-order chi connectivity index (χ1) is 9.87. The molecule has 0 heterocycles. The third kappa shape index (κ3) is 2.80. The molecule has 0 aliphatic rings. The first-order valence-corrected chi connectivity index (χ1v) is 5.61. The van der Waals surface area contributed by atoms with Crippen molar-refractivity contribution in [2.45, 2.75) is 25.6 Å². The van der Waals surface area contributed by atoms with E-state index in [1.54, 1.807) is 0 Å². The standard InChI is InChI=1S/C11H7F10N/c1-2-3-22(11(20,21)10(17,18)19)9-7(15)5(13)4(12)6(14)8(9)16/h2-3H2,1H3. The maximum Gasteiger partial charge on any atom is 0.475 e. The molecule has 1 nitrogen and oxygen atoms in total. The Morgan fingerprint density at radius 3 is 1.41 bits per heavy atom. The predicted octanol–water partition coefficient (Wildman–Crippen LogP) is 4.75. The maximum atomic E-state index is 13.4. The van der Waals surface area contributed by atoms with Crippen molar-refractivity contribution in [3.8, 4) is 0 Å². The monoisotopic (exact) mass is 343 g/mol. The van der Waals surface area contributed by atoms with Crippen molar-refractivity contribution >= 4 is 5.69 Å². The summed E-state index contributed by atoms with van der Waals surface area (Å²) in [6, 6.07) is -5.83. The van der Waals surface area contributed by atoms with Crippen molar-refractivity contribution in [1.29, 1.82) is 0 Å². The molecule has 0 saturated heterocycles. The summed E-state index contributed by atoms with van der Waals surface area (Å²) in [7, 11) is 0. The first kappa shape index (κ1) is 18.4. The van der Waals surface area contributed by atoms with Crippen LogP contribution in [0, 0.1) is 29.1 Å². The van der Waals surface area contributed by atoms with Gasteiger partial charge in [-0.05, 0) is 6.42 Å². The number of alkyl halides is 5. The molecule has 22 heavy (non-hydrogen) atoms. The molecule has 1 rings (SSSR count). The minimum atomic E-state index is -6.29. The Hall–Kier alpha value is -1.68. The first-order valence-electron chi connectivity index (χ1n) is 5.61. The molecule has 0 bridgehead atoms. The van der Waals surface area contributed by atoms with Crippen LogP contribution < -0.4 is 4.90 Å². The number of benzene rings is 1. The lowest BCUT2D eigenvalue weighted by molar-refractivity contribution is -0.281. The third-order valence-electron chi connectivity index (χ3n) is 2.58. The summed E-state index contributed by atoms with van der Waals surface area (Å²) in [6.07, 6.45) is -6.77. The number of halogens is 10. The van der Waals surface area contributed by atoms with E-state index in [0.717, 1.165) is 6.92 Å². The molecule has 0 N–H and O–H groups in total. The third-order valence-corrected chi connectivity index (χ3v) is 2.58. The molecular formula is C11H7F10N. The average molecular weight is 343 g/mol. The van der Waals surface area contributed by atoms with Gasteiger partial charge in [-0.25, -0.2) is 22.0 Å². The van der Waals surface area contributed by atoms with Crippen LogP contribution in [0.5, 0.6) is 0 Å². The van der Waals surface area contributed by atoms with Crippen LogP contribution in [0.3, 0.4) is 0 Å². The van der Waals surface area contributed by atoms with Crippen LogP contribution in [0.15, 0.2) is 0 Å². The molecule has 0 amide bonds. The highest BCUT2D eigenvalue weighted by Gasteiger charge is 2.62. The Morgan fingerprint density at radius 2 is 1.09 bits per heavy atom. The van der Waals surface area contributed by atoms with Crippen LogP contribution in [0.2, 0.25) is 0 Å². The van der Waals surface area contributed by atoms with Crippen LogP contribution in [0.4, 0.5) is 49.6 Å². The smallest absolute Gasteiger partial charge is 0.300 e. The van der Waals surface area contributed by atoms with Gasteiger partial charge in [0.15, 0.2) is 23.3 Å². The Labute approximate surface area is 117 Å². The Balaban J connectivity index is 3.67. The fourth-order valence-corrected chi connectivity index (χ4v) is 1.60. The lowest BCUT2D eigenvalue weighted by Gasteiger charge is -2.34. The zero-order valence-electron chi connectivity index (χ0n) is 10.6. The van der Waals surface area contributed by atoms with Crippen LogP contribution in [-0.4, -0.2) is 18.8 Å². The second-order valence-corrected chi connectivity index (χ2v) is 4.11. The number of anilines is 1. The zero-order chi connectivity index (χ0) is 17.5. The van der Waals surface area contributed by atoms with Gasteiger partial charge in [-0.2, -0.15) is 22.0 Å². The quantitative estimate of drug-likeness (QED) is 0.330. The van der Waals surface area contributed by atoms with Gasteiger partial charge in [0.1, 0.15) is 5.69 Å². The van der Waals surface area contributed by atoms with Gasteiger partial charge < -0.3 is 4.90 Å². The van der Waals surface area contributed by atoms with Crippen LogP contribution in [0.1, 0.15) is 13.3 Å². The Bertz CT molecular complexity index is 536. The Morgan fingerprint density at radius 1 is 0.727 bits per heavy atom. The number of hydrogen-bond donors (Lipinski definition) is 0. The van der Waals surface area contributed by atoms with Crippen LogP contribution in [-0.2, 0) is 0 Å². The van der Waals surface area contributed by atoms with Gasteiger partial charge in [-0.15, -0.1) is 0 Å². The highest BCUT2D eigenvalue weighted by atomic mass is 19.4. The molecular weight excluding hydrogens is 336 g/mol. The summed E-state index contributed by atoms with van der Waals surface area (Å²) in [5.74, 6) is -13.4. The molecule has 11 heteroatoms. The molecule has 1 aromatic carbocycles. The van der Waals surface area contributed by atoms with E-state index in [2.05, 4.69) is 0 Å². The van der Waals surface area contributed by atoms with E-state index in [9.17, 15) is 43.9 Å². The van der Waals surface area contributed by atoms with E-state index >= 15 is 0 Å². The van der Waals surface area contributed by atoms with E-state index in [1.165, 1.54) is 0 Å². The SMILES string of the molecule is CCCN(c1c(F)c(F)c(F)c(F)c1F)C(F)(F)C(F)(F)F. The van der Waals surface area contributed by atoms with Crippen molar-refractivity contribution in [2.75, 3.05) is 11.4 Å². The predicted molar refractivity (Wildman–Crippen MR) is 54.9 cm³/mol. The van der Waals surface area contributed by atoms with Crippen molar-refractivity contribution in [3.63, 3.8) is 0 Å². The average Bonchev–Trinajstić information content (AvgIpc) is 2.41. The van der Waals surface area contributed by atoms with Gasteiger partial charge in [0, 0.05) is 6.54 Å². The second-order valence-electron chi connectivity index (χ2n) is 4.11. The van der Waals surface area contributed by atoms with Gasteiger partial charge >= 0.3 is 12.2 Å². The molecule has 0 unspecified atom stereocenters. The zero-order valence-corrected chi connectivity index (χ0v) is 10.6. The topological polar surface area (TPSA) is 3.24 Å². The van der Waals surface area contributed by atoms with Crippen molar-refractivity contribution in [2.24, 2.45) is 0 Å². The molecule has 0 radical (unpaired) electrons. The van der Waals surface area contributed by atoms with Gasteiger partial charge in [-0.3, -0.25) is 0 Å². The largest absolute Gasteiger partial charge is 0.475 e. The van der Waals surface area contributed by atoms with Crippen molar-refractivity contribution in [3.05, 3.63) is 29.1 Å².